The van der Waals surface area contributed by atoms with E-state index in [1.54, 1.807) is 6.07 Å². The first-order chi connectivity index (χ1) is 9.08. The number of likely N-dealkylation sites (tertiary alicyclic amines) is 1. The lowest BCUT2D eigenvalue weighted by molar-refractivity contribution is -0.384. The Morgan fingerprint density at radius 3 is 2.74 bits per heavy atom. The number of rotatable bonds is 5. The third-order valence-electron chi connectivity index (χ3n) is 3.52. The Kier molecular flexibility index (Phi) is 4.61. The van der Waals surface area contributed by atoms with Gasteiger partial charge >= 0.3 is 0 Å². The van der Waals surface area contributed by atoms with Gasteiger partial charge in [0.1, 0.15) is 0 Å². The van der Waals surface area contributed by atoms with Crippen LogP contribution in [0.5, 0.6) is 0 Å². The van der Waals surface area contributed by atoms with Crippen molar-refractivity contribution in [2.75, 3.05) is 25.0 Å². The minimum Gasteiger partial charge on any atom is -0.382 e. The Balaban J connectivity index is 1.93. The quantitative estimate of drug-likeness (QED) is 0.666. The summed E-state index contributed by atoms with van der Waals surface area (Å²) < 4.78 is 0. The lowest BCUT2D eigenvalue weighted by Crippen LogP contribution is -2.35. The largest absolute Gasteiger partial charge is 0.382 e. The number of halogens is 1. The zero-order valence-electron chi connectivity index (χ0n) is 10.9. The Hall–Kier alpha value is -1.33. The maximum absolute atomic E-state index is 10.6. The molecule has 1 aromatic carbocycles. The molecule has 6 heteroatoms. The van der Waals surface area contributed by atoms with Crippen LogP contribution in [0.1, 0.15) is 19.8 Å². The van der Waals surface area contributed by atoms with Gasteiger partial charge in [-0.15, -0.1) is 0 Å². The Morgan fingerprint density at radius 2 is 2.16 bits per heavy atom. The van der Waals surface area contributed by atoms with Gasteiger partial charge in [0.25, 0.3) is 5.69 Å². The van der Waals surface area contributed by atoms with Crippen LogP contribution < -0.4 is 5.32 Å². The smallest absolute Gasteiger partial charge is 0.271 e. The number of hydrogen-bond acceptors (Lipinski definition) is 4. The predicted molar refractivity (Wildman–Crippen MR) is 76.9 cm³/mol. The SMILES string of the molecule is CC(CNc1ccc([N+](=O)[O-])cc1Cl)N1CCCC1. The Labute approximate surface area is 117 Å². The molecular weight excluding hydrogens is 266 g/mol. The van der Waals surface area contributed by atoms with Crippen molar-refractivity contribution in [1.29, 1.82) is 0 Å². The fourth-order valence-electron chi connectivity index (χ4n) is 2.33. The summed E-state index contributed by atoms with van der Waals surface area (Å²) in [6, 6.07) is 4.95. The highest BCUT2D eigenvalue weighted by Crippen LogP contribution is 2.26. The van der Waals surface area contributed by atoms with Crippen LogP contribution in [-0.2, 0) is 0 Å². The molecule has 104 valence electrons. The van der Waals surface area contributed by atoms with E-state index in [0.717, 1.165) is 25.3 Å². The first-order valence-electron chi connectivity index (χ1n) is 6.50. The van der Waals surface area contributed by atoms with Crippen molar-refractivity contribution in [2.45, 2.75) is 25.8 Å². The lowest BCUT2D eigenvalue weighted by atomic mass is 10.2. The van der Waals surface area contributed by atoms with Crippen LogP contribution in [0.4, 0.5) is 11.4 Å². The predicted octanol–water partition coefficient (Wildman–Crippen LogP) is 3.14. The standard InChI is InChI=1S/C13H18ClN3O2/c1-10(16-6-2-3-7-16)9-15-13-5-4-11(17(18)19)8-12(13)14/h4-5,8,10,15H,2-3,6-7,9H2,1H3. The molecule has 5 nitrogen and oxygen atoms in total. The summed E-state index contributed by atoms with van der Waals surface area (Å²) in [5.74, 6) is 0. The highest BCUT2D eigenvalue weighted by atomic mass is 35.5. The topological polar surface area (TPSA) is 58.4 Å². The van der Waals surface area contributed by atoms with Crippen LogP contribution in [0, 0.1) is 10.1 Å². The van der Waals surface area contributed by atoms with Crippen LogP contribution in [0.25, 0.3) is 0 Å². The van der Waals surface area contributed by atoms with E-state index in [9.17, 15) is 10.1 Å². The molecule has 0 spiro atoms. The fraction of sp³-hybridized carbons (Fsp3) is 0.538. The van der Waals surface area contributed by atoms with Gasteiger partial charge in [-0.2, -0.15) is 0 Å². The van der Waals surface area contributed by atoms with E-state index < -0.39 is 4.92 Å². The molecule has 1 N–H and O–H groups in total. The summed E-state index contributed by atoms with van der Waals surface area (Å²) >= 11 is 6.04. The Bertz CT molecular complexity index is 461. The molecule has 0 bridgehead atoms. The van der Waals surface area contributed by atoms with Crippen molar-refractivity contribution in [3.05, 3.63) is 33.3 Å². The summed E-state index contributed by atoms with van der Waals surface area (Å²) in [4.78, 5) is 12.6. The van der Waals surface area contributed by atoms with Gasteiger partial charge < -0.3 is 5.32 Å². The first kappa shape index (κ1) is 14.1. The molecule has 0 amide bonds. The van der Waals surface area contributed by atoms with E-state index in [4.69, 9.17) is 11.6 Å². The highest BCUT2D eigenvalue weighted by Gasteiger charge is 2.18. The number of nitro benzene ring substituents is 1. The second-order valence-electron chi connectivity index (χ2n) is 4.89. The van der Waals surface area contributed by atoms with Crippen molar-refractivity contribution in [1.82, 2.24) is 4.90 Å². The van der Waals surface area contributed by atoms with E-state index in [-0.39, 0.29) is 5.69 Å². The van der Waals surface area contributed by atoms with Crippen molar-refractivity contribution < 1.29 is 4.92 Å². The van der Waals surface area contributed by atoms with E-state index in [0.29, 0.717) is 11.1 Å². The summed E-state index contributed by atoms with van der Waals surface area (Å²) in [7, 11) is 0. The highest BCUT2D eigenvalue weighted by molar-refractivity contribution is 6.33. The van der Waals surface area contributed by atoms with Gasteiger partial charge in [0.2, 0.25) is 0 Å². The summed E-state index contributed by atoms with van der Waals surface area (Å²) in [5.41, 5.74) is 0.765. The van der Waals surface area contributed by atoms with Gasteiger partial charge in [0.15, 0.2) is 0 Å². The van der Waals surface area contributed by atoms with Gasteiger partial charge in [0, 0.05) is 24.7 Å². The summed E-state index contributed by atoms with van der Waals surface area (Å²) in [6.07, 6.45) is 2.53. The first-order valence-corrected chi connectivity index (χ1v) is 6.87. The number of nitro groups is 1. The molecule has 1 heterocycles. The molecule has 0 saturated carbocycles. The fourth-order valence-corrected chi connectivity index (χ4v) is 2.57. The minimum absolute atomic E-state index is 0.0168. The second-order valence-corrected chi connectivity index (χ2v) is 5.30. The second kappa shape index (κ2) is 6.21. The molecule has 0 radical (unpaired) electrons. The third kappa shape index (κ3) is 3.58. The maximum atomic E-state index is 10.6. The normalized spacial score (nSPS) is 17.4. The van der Waals surface area contributed by atoms with E-state index in [2.05, 4.69) is 17.1 Å². The molecule has 1 fully saturated rings. The monoisotopic (exact) mass is 283 g/mol. The van der Waals surface area contributed by atoms with Gasteiger partial charge in [-0.3, -0.25) is 15.0 Å². The van der Waals surface area contributed by atoms with Gasteiger partial charge in [-0.25, -0.2) is 0 Å². The summed E-state index contributed by atoms with van der Waals surface area (Å²) in [5, 5.41) is 14.3. The molecule has 2 rings (SSSR count). The van der Waals surface area contributed by atoms with Crippen LogP contribution in [0.2, 0.25) is 5.02 Å². The number of nitrogens with one attached hydrogen (secondary N) is 1. The third-order valence-corrected chi connectivity index (χ3v) is 3.83. The van der Waals surface area contributed by atoms with Crippen molar-refractivity contribution >= 4 is 23.0 Å². The average Bonchev–Trinajstić information content (AvgIpc) is 2.90. The molecule has 1 atom stereocenters. The van der Waals surface area contributed by atoms with Crippen LogP contribution in [-0.4, -0.2) is 35.5 Å². The number of non-ortho nitro benzene ring substituents is 1. The average molecular weight is 284 g/mol. The molecule has 1 aromatic rings. The molecule has 1 saturated heterocycles. The molecule has 0 aliphatic carbocycles. The number of anilines is 1. The molecule has 0 aromatic heterocycles. The van der Waals surface area contributed by atoms with E-state index in [1.165, 1.54) is 25.0 Å². The van der Waals surface area contributed by atoms with E-state index >= 15 is 0 Å². The summed E-state index contributed by atoms with van der Waals surface area (Å²) in [6.45, 7) is 5.27. The zero-order chi connectivity index (χ0) is 13.8. The minimum atomic E-state index is -0.442. The number of benzene rings is 1. The molecule has 19 heavy (non-hydrogen) atoms. The van der Waals surface area contributed by atoms with Gasteiger partial charge in [0.05, 0.1) is 15.6 Å². The number of hydrogen-bond donors (Lipinski definition) is 1. The molecule has 1 aliphatic heterocycles. The zero-order valence-corrected chi connectivity index (χ0v) is 11.7. The van der Waals surface area contributed by atoms with E-state index in [1.807, 2.05) is 0 Å². The Morgan fingerprint density at radius 1 is 1.47 bits per heavy atom. The van der Waals surface area contributed by atoms with Crippen LogP contribution >= 0.6 is 11.6 Å². The van der Waals surface area contributed by atoms with Crippen molar-refractivity contribution in [2.24, 2.45) is 0 Å². The lowest BCUT2D eigenvalue weighted by Gasteiger charge is -2.24. The maximum Gasteiger partial charge on any atom is 0.271 e. The van der Waals surface area contributed by atoms with Gasteiger partial charge in [-0.05, 0) is 38.9 Å². The molecule has 1 unspecified atom stereocenters. The van der Waals surface area contributed by atoms with Gasteiger partial charge in [-0.1, -0.05) is 11.6 Å². The van der Waals surface area contributed by atoms with Crippen molar-refractivity contribution in [3.8, 4) is 0 Å². The van der Waals surface area contributed by atoms with Crippen LogP contribution in [0.3, 0.4) is 0 Å². The van der Waals surface area contributed by atoms with Crippen LogP contribution in [0.15, 0.2) is 18.2 Å². The molecular formula is C13H18ClN3O2. The molecule has 1 aliphatic rings. The van der Waals surface area contributed by atoms with Crippen molar-refractivity contribution in [3.63, 3.8) is 0 Å². The number of nitrogens with zero attached hydrogens (tertiary/aromatic N) is 2.